The summed E-state index contributed by atoms with van der Waals surface area (Å²) in [5.41, 5.74) is 2.33. The van der Waals surface area contributed by atoms with Crippen LogP contribution in [0.4, 0.5) is 0 Å². The van der Waals surface area contributed by atoms with Crippen molar-refractivity contribution in [1.29, 1.82) is 0 Å². The third-order valence-electron chi connectivity index (χ3n) is 1.90. The van der Waals surface area contributed by atoms with Gasteiger partial charge in [0, 0.05) is 11.8 Å². The number of rotatable bonds is 1. The molecule has 2 rings (SSSR count). The van der Waals surface area contributed by atoms with Crippen molar-refractivity contribution >= 4 is 38.5 Å². The van der Waals surface area contributed by atoms with Crippen molar-refractivity contribution < 1.29 is 0 Å². The van der Waals surface area contributed by atoms with E-state index < -0.39 is 0 Å². The van der Waals surface area contributed by atoms with Crippen LogP contribution in [0.1, 0.15) is 0 Å². The molecule has 0 aliphatic rings. The molecule has 0 N–H and O–H groups in total. The fourth-order valence-corrected chi connectivity index (χ4v) is 1.85. The standard InChI is InChI=1S/C11H7BrIN/c12-10-6-9(7-14-11(10)13)8-4-2-1-3-5-8/h1-7H. The van der Waals surface area contributed by atoms with E-state index in [0.29, 0.717) is 0 Å². The van der Waals surface area contributed by atoms with E-state index in [0.717, 1.165) is 13.7 Å². The minimum atomic E-state index is 0.988. The summed E-state index contributed by atoms with van der Waals surface area (Å²) in [7, 11) is 0. The lowest BCUT2D eigenvalue weighted by atomic mass is 10.1. The number of hydrogen-bond acceptors (Lipinski definition) is 1. The average Bonchev–Trinajstić information content (AvgIpc) is 2.23. The van der Waals surface area contributed by atoms with Crippen LogP contribution in [0, 0.1) is 3.70 Å². The van der Waals surface area contributed by atoms with E-state index in [9.17, 15) is 0 Å². The van der Waals surface area contributed by atoms with Gasteiger partial charge < -0.3 is 0 Å². The molecule has 0 amide bonds. The first kappa shape index (κ1) is 10.1. The number of benzene rings is 1. The Balaban J connectivity index is 2.48. The van der Waals surface area contributed by atoms with Crippen LogP contribution >= 0.6 is 38.5 Å². The van der Waals surface area contributed by atoms with Gasteiger partial charge in [0.05, 0.1) is 4.47 Å². The minimum absolute atomic E-state index is 0.988. The highest BCUT2D eigenvalue weighted by Crippen LogP contribution is 2.24. The summed E-state index contributed by atoms with van der Waals surface area (Å²) in [6.45, 7) is 0. The van der Waals surface area contributed by atoms with Crippen LogP contribution in [-0.4, -0.2) is 4.98 Å². The molecule has 1 nitrogen and oxygen atoms in total. The van der Waals surface area contributed by atoms with Gasteiger partial charge in [-0.15, -0.1) is 0 Å². The topological polar surface area (TPSA) is 12.9 Å². The van der Waals surface area contributed by atoms with Crippen molar-refractivity contribution in [2.75, 3.05) is 0 Å². The minimum Gasteiger partial charge on any atom is -0.248 e. The Morgan fingerprint density at radius 3 is 2.43 bits per heavy atom. The third-order valence-corrected chi connectivity index (χ3v) is 4.11. The Kier molecular flexibility index (Phi) is 3.18. The second-order valence-corrected chi connectivity index (χ2v) is 4.74. The van der Waals surface area contributed by atoms with Crippen LogP contribution in [0.3, 0.4) is 0 Å². The number of aromatic nitrogens is 1. The van der Waals surface area contributed by atoms with Gasteiger partial charge in [0.15, 0.2) is 0 Å². The third kappa shape index (κ3) is 2.15. The number of hydrogen-bond donors (Lipinski definition) is 0. The van der Waals surface area contributed by atoms with Crippen LogP contribution in [0.15, 0.2) is 47.1 Å². The summed E-state index contributed by atoms with van der Waals surface area (Å²) in [5, 5.41) is 0. The first-order chi connectivity index (χ1) is 6.77. The molecule has 1 aromatic heterocycles. The van der Waals surface area contributed by atoms with Gasteiger partial charge in [-0.25, -0.2) is 4.98 Å². The highest BCUT2D eigenvalue weighted by atomic mass is 127. The molecule has 0 spiro atoms. The first-order valence-electron chi connectivity index (χ1n) is 4.14. The molecule has 14 heavy (non-hydrogen) atoms. The van der Waals surface area contributed by atoms with Crippen LogP contribution in [0.2, 0.25) is 0 Å². The maximum atomic E-state index is 4.29. The summed E-state index contributed by atoms with van der Waals surface area (Å²) < 4.78 is 2.03. The molecule has 1 aromatic carbocycles. The van der Waals surface area contributed by atoms with E-state index in [-0.39, 0.29) is 0 Å². The number of pyridine rings is 1. The summed E-state index contributed by atoms with van der Waals surface area (Å²) in [5.74, 6) is 0. The summed E-state index contributed by atoms with van der Waals surface area (Å²) in [6.07, 6.45) is 1.89. The molecule has 3 heteroatoms. The molecule has 0 radical (unpaired) electrons. The van der Waals surface area contributed by atoms with Gasteiger partial charge in [-0.2, -0.15) is 0 Å². The lowest BCUT2D eigenvalue weighted by Crippen LogP contribution is -1.84. The van der Waals surface area contributed by atoms with Gasteiger partial charge in [-0.05, 0) is 50.2 Å². The Morgan fingerprint density at radius 2 is 1.79 bits per heavy atom. The Labute approximate surface area is 105 Å². The second kappa shape index (κ2) is 4.40. The van der Waals surface area contributed by atoms with E-state index in [1.54, 1.807) is 0 Å². The fourth-order valence-electron chi connectivity index (χ4n) is 1.21. The molecule has 0 saturated carbocycles. The molecule has 0 atom stereocenters. The maximum absolute atomic E-state index is 4.29. The molecule has 0 fully saturated rings. The van der Waals surface area contributed by atoms with Crippen molar-refractivity contribution in [2.45, 2.75) is 0 Å². The van der Waals surface area contributed by atoms with E-state index in [1.807, 2.05) is 24.4 Å². The van der Waals surface area contributed by atoms with E-state index >= 15 is 0 Å². The molecule has 1 heterocycles. The molecule has 0 aliphatic heterocycles. The zero-order valence-electron chi connectivity index (χ0n) is 7.24. The first-order valence-corrected chi connectivity index (χ1v) is 6.01. The van der Waals surface area contributed by atoms with Crippen LogP contribution in [-0.2, 0) is 0 Å². The van der Waals surface area contributed by atoms with Gasteiger partial charge in [0.2, 0.25) is 0 Å². The smallest absolute Gasteiger partial charge is 0.115 e. The number of nitrogens with zero attached hydrogens (tertiary/aromatic N) is 1. The van der Waals surface area contributed by atoms with Crippen LogP contribution in [0.25, 0.3) is 11.1 Å². The van der Waals surface area contributed by atoms with Crippen molar-refractivity contribution in [3.8, 4) is 11.1 Å². The van der Waals surface area contributed by atoms with Gasteiger partial charge in [-0.3, -0.25) is 0 Å². The quantitative estimate of drug-likeness (QED) is 0.551. The van der Waals surface area contributed by atoms with Gasteiger partial charge in [-0.1, -0.05) is 30.3 Å². The predicted octanol–water partition coefficient (Wildman–Crippen LogP) is 4.12. The zero-order valence-corrected chi connectivity index (χ0v) is 11.0. The highest BCUT2D eigenvalue weighted by molar-refractivity contribution is 14.1. The Morgan fingerprint density at radius 1 is 1.07 bits per heavy atom. The zero-order chi connectivity index (χ0) is 9.97. The largest absolute Gasteiger partial charge is 0.248 e. The van der Waals surface area contributed by atoms with Gasteiger partial charge in [0.25, 0.3) is 0 Å². The van der Waals surface area contributed by atoms with Crippen molar-refractivity contribution in [1.82, 2.24) is 4.98 Å². The normalized spacial score (nSPS) is 10.1. The van der Waals surface area contributed by atoms with Crippen molar-refractivity contribution in [3.63, 3.8) is 0 Å². The van der Waals surface area contributed by atoms with Crippen molar-refractivity contribution in [2.24, 2.45) is 0 Å². The number of halogens is 2. The molecule has 70 valence electrons. The van der Waals surface area contributed by atoms with E-state index in [4.69, 9.17) is 0 Å². The Bertz CT molecular complexity index is 442. The predicted molar refractivity (Wildman–Crippen MR) is 70.1 cm³/mol. The molecule has 2 aromatic rings. The van der Waals surface area contributed by atoms with E-state index in [2.05, 4.69) is 61.7 Å². The van der Waals surface area contributed by atoms with Gasteiger partial charge >= 0.3 is 0 Å². The average molecular weight is 360 g/mol. The SMILES string of the molecule is Brc1cc(-c2ccccc2)cnc1I. The molecular weight excluding hydrogens is 353 g/mol. The van der Waals surface area contributed by atoms with E-state index in [1.165, 1.54) is 5.56 Å². The lowest BCUT2D eigenvalue weighted by molar-refractivity contribution is 1.25. The molecule has 0 saturated heterocycles. The molecule has 0 bridgehead atoms. The molecule has 0 aliphatic carbocycles. The highest BCUT2D eigenvalue weighted by Gasteiger charge is 2.01. The fraction of sp³-hybridized carbons (Fsp3) is 0. The Hall–Kier alpha value is -0.420. The van der Waals surface area contributed by atoms with Crippen LogP contribution in [0.5, 0.6) is 0 Å². The maximum Gasteiger partial charge on any atom is 0.115 e. The van der Waals surface area contributed by atoms with Crippen LogP contribution < -0.4 is 0 Å². The monoisotopic (exact) mass is 359 g/mol. The summed E-state index contributed by atoms with van der Waals surface area (Å²) in [6, 6.07) is 12.3. The molecular formula is C11H7BrIN. The summed E-state index contributed by atoms with van der Waals surface area (Å²) in [4.78, 5) is 4.29. The van der Waals surface area contributed by atoms with Gasteiger partial charge in [0.1, 0.15) is 3.70 Å². The second-order valence-electron chi connectivity index (χ2n) is 2.86. The van der Waals surface area contributed by atoms with Crippen molar-refractivity contribution in [3.05, 3.63) is 50.8 Å². The lowest BCUT2D eigenvalue weighted by Gasteiger charge is -2.02. The summed E-state index contributed by atoms with van der Waals surface area (Å²) >= 11 is 5.68. The molecule has 0 unspecified atom stereocenters.